The van der Waals surface area contributed by atoms with E-state index in [9.17, 15) is 4.79 Å². The largest absolute Gasteiger partial charge is 0.352 e. The molecule has 0 atom stereocenters. The molecule has 1 heterocycles. The van der Waals surface area contributed by atoms with Crippen LogP contribution in [0.1, 0.15) is 32.6 Å². The minimum atomic E-state index is -0.103. The Morgan fingerprint density at radius 1 is 1.44 bits per heavy atom. The molecule has 2 N–H and O–H groups in total. The highest BCUT2D eigenvalue weighted by Crippen LogP contribution is 2.23. The summed E-state index contributed by atoms with van der Waals surface area (Å²) < 4.78 is 0. The highest BCUT2D eigenvalue weighted by molar-refractivity contribution is 5.35. The van der Waals surface area contributed by atoms with E-state index in [1.807, 2.05) is 11.9 Å². The lowest BCUT2D eigenvalue weighted by Crippen LogP contribution is -2.42. The first-order valence-corrected chi connectivity index (χ1v) is 6.72. The normalized spacial score (nSPS) is 23.9. The van der Waals surface area contributed by atoms with Crippen LogP contribution in [0.25, 0.3) is 0 Å². The summed E-state index contributed by atoms with van der Waals surface area (Å²) in [6.45, 7) is 3.18. The molecule has 1 saturated carbocycles. The molecule has 18 heavy (non-hydrogen) atoms. The number of aromatic amines is 1. The van der Waals surface area contributed by atoms with E-state index in [1.165, 1.54) is 12.8 Å². The van der Waals surface area contributed by atoms with Crippen LogP contribution in [-0.4, -0.2) is 35.6 Å². The van der Waals surface area contributed by atoms with Crippen LogP contribution in [-0.2, 0) is 0 Å². The van der Waals surface area contributed by atoms with Gasteiger partial charge in [-0.05, 0) is 32.2 Å². The van der Waals surface area contributed by atoms with Crippen molar-refractivity contribution in [3.63, 3.8) is 0 Å². The van der Waals surface area contributed by atoms with Gasteiger partial charge in [-0.2, -0.15) is 0 Å². The Bertz CT molecular complexity index is 423. The lowest BCUT2D eigenvalue weighted by Gasteiger charge is -2.35. The van der Waals surface area contributed by atoms with E-state index in [1.54, 1.807) is 12.4 Å². The van der Waals surface area contributed by atoms with Gasteiger partial charge in [-0.1, -0.05) is 6.92 Å². The predicted octanol–water partition coefficient (Wildman–Crippen LogP) is 1.13. The fourth-order valence-electron chi connectivity index (χ4n) is 2.72. The van der Waals surface area contributed by atoms with Gasteiger partial charge in [-0.25, -0.2) is 4.98 Å². The summed E-state index contributed by atoms with van der Waals surface area (Å²) in [7, 11) is 1.97. The van der Waals surface area contributed by atoms with Gasteiger partial charge in [0.1, 0.15) is 0 Å². The molecule has 5 nitrogen and oxygen atoms in total. The van der Waals surface area contributed by atoms with Gasteiger partial charge in [-0.3, -0.25) is 4.79 Å². The molecule has 0 radical (unpaired) electrons. The Morgan fingerprint density at radius 2 is 2.17 bits per heavy atom. The van der Waals surface area contributed by atoms with Gasteiger partial charge in [0.05, 0.1) is 0 Å². The van der Waals surface area contributed by atoms with Crippen LogP contribution >= 0.6 is 0 Å². The number of anilines is 1. The Labute approximate surface area is 108 Å². The minimum absolute atomic E-state index is 0.103. The smallest absolute Gasteiger partial charge is 0.290 e. The van der Waals surface area contributed by atoms with Gasteiger partial charge >= 0.3 is 0 Å². The summed E-state index contributed by atoms with van der Waals surface area (Å²) in [6, 6.07) is 1.07. The fraction of sp³-hybridized carbons (Fsp3) is 0.692. The second-order valence-corrected chi connectivity index (χ2v) is 4.92. The first-order valence-electron chi connectivity index (χ1n) is 6.72. The first kappa shape index (κ1) is 13.1. The van der Waals surface area contributed by atoms with Gasteiger partial charge in [0.25, 0.3) is 5.56 Å². The van der Waals surface area contributed by atoms with Crippen molar-refractivity contribution >= 4 is 5.82 Å². The molecule has 0 unspecified atom stereocenters. The standard InChI is InChI=1S/C13H22N4O/c1-3-14-10-4-6-11(7-5-10)17(2)12-13(18)16-9-8-15-12/h8-11,14H,3-7H2,1-2H3,(H,16,18). The second-order valence-electron chi connectivity index (χ2n) is 4.92. The number of hydrogen-bond donors (Lipinski definition) is 2. The number of hydrogen-bond acceptors (Lipinski definition) is 4. The zero-order chi connectivity index (χ0) is 13.0. The maximum absolute atomic E-state index is 11.7. The monoisotopic (exact) mass is 250 g/mol. The van der Waals surface area contributed by atoms with E-state index in [2.05, 4.69) is 22.2 Å². The number of nitrogens with one attached hydrogen (secondary N) is 2. The summed E-state index contributed by atoms with van der Waals surface area (Å²) in [5, 5.41) is 3.49. The first-order chi connectivity index (χ1) is 8.72. The van der Waals surface area contributed by atoms with Gasteiger partial charge in [0.2, 0.25) is 0 Å². The number of rotatable bonds is 4. The lowest BCUT2D eigenvalue weighted by molar-refractivity contribution is 0.340. The van der Waals surface area contributed by atoms with Crippen LogP contribution in [0.2, 0.25) is 0 Å². The molecule has 0 aliphatic heterocycles. The van der Waals surface area contributed by atoms with Crippen LogP contribution in [0.15, 0.2) is 17.2 Å². The molecule has 2 rings (SSSR count). The fourth-order valence-corrected chi connectivity index (χ4v) is 2.72. The number of H-pyrrole nitrogens is 1. The van der Waals surface area contributed by atoms with Crippen molar-refractivity contribution in [3.05, 3.63) is 22.7 Å². The van der Waals surface area contributed by atoms with Crippen LogP contribution < -0.4 is 15.8 Å². The van der Waals surface area contributed by atoms with Crippen LogP contribution in [0.4, 0.5) is 5.82 Å². The minimum Gasteiger partial charge on any atom is -0.352 e. The zero-order valence-electron chi connectivity index (χ0n) is 11.1. The van der Waals surface area contributed by atoms with Crippen molar-refractivity contribution in [2.24, 2.45) is 0 Å². The summed E-state index contributed by atoms with van der Waals surface area (Å²) in [5.41, 5.74) is -0.103. The predicted molar refractivity (Wildman–Crippen MR) is 73.0 cm³/mol. The van der Waals surface area contributed by atoms with Crippen molar-refractivity contribution in [2.45, 2.75) is 44.7 Å². The highest BCUT2D eigenvalue weighted by atomic mass is 16.1. The Kier molecular flexibility index (Phi) is 4.36. The molecular weight excluding hydrogens is 228 g/mol. The molecule has 1 aliphatic carbocycles. The van der Waals surface area contributed by atoms with E-state index in [0.717, 1.165) is 19.4 Å². The molecule has 0 amide bonds. The van der Waals surface area contributed by atoms with Crippen molar-refractivity contribution < 1.29 is 0 Å². The van der Waals surface area contributed by atoms with Gasteiger partial charge in [0, 0.05) is 31.5 Å². The van der Waals surface area contributed by atoms with E-state index in [4.69, 9.17) is 0 Å². The van der Waals surface area contributed by atoms with Crippen molar-refractivity contribution in [1.29, 1.82) is 0 Å². The van der Waals surface area contributed by atoms with Gasteiger partial charge in [-0.15, -0.1) is 0 Å². The average molecular weight is 250 g/mol. The van der Waals surface area contributed by atoms with E-state index >= 15 is 0 Å². The van der Waals surface area contributed by atoms with E-state index < -0.39 is 0 Å². The molecule has 100 valence electrons. The number of aromatic nitrogens is 2. The summed E-state index contributed by atoms with van der Waals surface area (Å²) >= 11 is 0. The molecule has 0 bridgehead atoms. The van der Waals surface area contributed by atoms with Crippen molar-refractivity contribution in [2.75, 3.05) is 18.5 Å². The van der Waals surface area contributed by atoms with Crippen molar-refractivity contribution in [1.82, 2.24) is 15.3 Å². The zero-order valence-corrected chi connectivity index (χ0v) is 11.1. The van der Waals surface area contributed by atoms with Crippen LogP contribution in [0, 0.1) is 0 Å². The Morgan fingerprint density at radius 3 is 2.78 bits per heavy atom. The quantitative estimate of drug-likeness (QED) is 0.841. The third-order valence-electron chi connectivity index (χ3n) is 3.76. The molecule has 1 aliphatic rings. The summed E-state index contributed by atoms with van der Waals surface area (Å²) in [5.74, 6) is 0.532. The molecule has 1 aromatic heterocycles. The van der Waals surface area contributed by atoms with Crippen LogP contribution in [0.5, 0.6) is 0 Å². The molecule has 0 aromatic carbocycles. The molecule has 5 heteroatoms. The van der Waals surface area contributed by atoms with Gasteiger partial charge in [0.15, 0.2) is 5.82 Å². The van der Waals surface area contributed by atoms with Crippen molar-refractivity contribution in [3.8, 4) is 0 Å². The molecule has 0 saturated heterocycles. The second kappa shape index (κ2) is 6.00. The van der Waals surface area contributed by atoms with E-state index in [-0.39, 0.29) is 5.56 Å². The lowest BCUT2D eigenvalue weighted by atomic mass is 9.90. The number of nitrogens with zero attached hydrogens (tertiary/aromatic N) is 2. The molecule has 0 spiro atoms. The Hall–Kier alpha value is -1.36. The average Bonchev–Trinajstić information content (AvgIpc) is 2.40. The van der Waals surface area contributed by atoms with E-state index in [0.29, 0.717) is 17.9 Å². The third-order valence-corrected chi connectivity index (χ3v) is 3.76. The Balaban J connectivity index is 1.97. The third kappa shape index (κ3) is 2.90. The van der Waals surface area contributed by atoms with Gasteiger partial charge < -0.3 is 15.2 Å². The molecular formula is C13H22N4O. The molecule has 1 aromatic rings. The summed E-state index contributed by atoms with van der Waals surface area (Å²) in [4.78, 5) is 20.6. The topological polar surface area (TPSA) is 61.0 Å². The molecule has 1 fully saturated rings. The maximum Gasteiger partial charge on any atom is 0.290 e. The SMILES string of the molecule is CCNC1CCC(N(C)c2ncc[nH]c2=O)CC1. The highest BCUT2D eigenvalue weighted by Gasteiger charge is 2.25. The maximum atomic E-state index is 11.7. The summed E-state index contributed by atoms with van der Waals surface area (Å²) in [6.07, 6.45) is 7.79. The van der Waals surface area contributed by atoms with Crippen LogP contribution in [0.3, 0.4) is 0 Å².